The lowest BCUT2D eigenvalue weighted by Gasteiger charge is -2.16. The van der Waals surface area contributed by atoms with Crippen LogP contribution in [0.15, 0.2) is 36.4 Å². The fourth-order valence-electron chi connectivity index (χ4n) is 2.71. The molecule has 0 aliphatic carbocycles. The van der Waals surface area contributed by atoms with Crippen molar-refractivity contribution < 1.29 is 19.2 Å². The maximum absolute atomic E-state index is 12.3. The van der Waals surface area contributed by atoms with Gasteiger partial charge in [0.2, 0.25) is 0 Å². The average molecular weight is 378 g/mol. The monoisotopic (exact) mass is 377 g/mol. The number of hydrogen-bond donors (Lipinski definition) is 2. The summed E-state index contributed by atoms with van der Waals surface area (Å²) in [5.74, 6) is 1.38. The smallest absolute Gasteiger partial charge is 0.279 e. The average Bonchev–Trinajstić information content (AvgIpc) is 2.59. The molecule has 0 aliphatic rings. The molecular weight excluding hydrogens is 352 g/mol. The summed E-state index contributed by atoms with van der Waals surface area (Å²) in [4.78, 5) is 13.4. The second-order valence-electron chi connectivity index (χ2n) is 6.24. The van der Waals surface area contributed by atoms with Crippen LogP contribution in [0.4, 0.5) is 5.69 Å². The van der Waals surface area contributed by atoms with Crippen LogP contribution in [0.5, 0.6) is 11.5 Å². The molecular formula is C20H26ClN2O3+. The minimum absolute atomic E-state index is 0.0502. The third kappa shape index (κ3) is 5.64. The number of likely N-dealkylation sites (N-methyl/N-ethyl adjacent to an activating group) is 1. The summed E-state index contributed by atoms with van der Waals surface area (Å²) in [7, 11) is 3.60. The number of ether oxygens (including phenoxy) is 2. The van der Waals surface area contributed by atoms with E-state index in [0.29, 0.717) is 30.5 Å². The van der Waals surface area contributed by atoms with Crippen LogP contribution in [0.2, 0.25) is 5.02 Å². The molecule has 0 saturated heterocycles. The quantitative estimate of drug-likeness (QED) is 0.743. The Kier molecular flexibility index (Phi) is 7.30. The molecule has 0 fully saturated rings. The number of carbonyl (C=O) groups is 1. The summed E-state index contributed by atoms with van der Waals surface area (Å²) in [6, 6.07) is 11.3. The summed E-state index contributed by atoms with van der Waals surface area (Å²) in [6.07, 6.45) is 0. The van der Waals surface area contributed by atoms with Crippen molar-refractivity contribution in [2.45, 2.75) is 20.4 Å². The molecule has 0 spiro atoms. The van der Waals surface area contributed by atoms with E-state index in [0.717, 1.165) is 27.5 Å². The molecule has 1 unspecified atom stereocenters. The van der Waals surface area contributed by atoms with Gasteiger partial charge in [-0.2, -0.15) is 0 Å². The minimum Gasteiger partial charge on any atom is -0.493 e. The predicted octanol–water partition coefficient (Wildman–Crippen LogP) is 2.71. The second kappa shape index (κ2) is 9.46. The van der Waals surface area contributed by atoms with Crippen LogP contribution in [-0.2, 0) is 11.3 Å². The van der Waals surface area contributed by atoms with Crippen molar-refractivity contribution in [2.24, 2.45) is 0 Å². The number of methoxy groups -OCH3 is 1. The molecule has 1 amide bonds. The molecule has 2 aromatic rings. The number of hydrogen-bond acceptors (Lipinski definition) is 3. The minimum atomic E-state index is -0.0502. The van der Waals surface area contributed by atoms with Crippen LogP contribution in [0.3, 0.4) is 0 Å². The van der Waals surface area contributed by atoms with Crippen LogP contribution < -0.4 is 19.7 Å². The zero-order chi connectivity index (χ0) is 19.1. The first kappa shape index (κ1) is 20.1. The lowest BCUT2D eigenvalue weighted by molar-refractivity contribution is -0.885. The number of aryl methyl sites for hydroxylation is 1. The van der Waals surface area contributed by atoms with Gasteiger partial charge in [0.15, 0.2) is 18.0 Å². The molecule has 2 rings (SSSR count). The Balaban J connectivity index is 1.96. The van der Waals surface area contributed by atoms with Crippen molar-refractivity contribution in [1.82, 2.24) is 0 Å². The van der Waals surface area contributed by atoms with E-state index in [9.17, 15) is 4.79 Å². The second-order valence-corrected chi connectivity index (χ2v) is 6.67. The summed E-state index contributed by atoms with van der Waals surface area (Å²) in [6.45, 7) is 5.51. The van der Waals surface area contributed by atoms with E-state index >= 15 is 0 Å². The standard InChI is InChI=1S/C20H25ClN2O3/c1-5-26-18-9-7-15(10-19(18)25-4)12-23(3)13-20(24)22-17-11-16(21)8-6-14(17)2/h6-11H,5,12-13H2,1-4H3,(H,22,24)/p+1. The predicted molar refractivity (Wildman–Crippen MR) is 104 cm³/mol. The number of benzene rings is 2. The van der Waals surface area contributed by atoms with Crippen LogP contribution in [-0.4, -0.2) is 33.2 Å². The Morgan fingerprint density at radius 2 is 1.96 bits per heavy atom. The topological polar surface area (TPSA) is 52.0 Å². The van der Waals surface area contributed by atoms with Crippen molar-refractivity contribution in [2.75, 3.05) is 32.6 Å². The van der Waals surface area contributed by atoms with E-state index in [1.54, 1.807) is 13.2 Å². The first-order valence-electron chi connectivity index (χ1n) is 8.60. The van der Waals surface area contributed by atoms with Gasteiger partial charge < -0.3 is 19.7 Å². The highest BCUT2D eigenvalue weighted by atomic mass is 35.5. The van der Waals surface area contributed by atoms with Crippen LogP contribution in [0.1, 0.15) is 18.1 Å². The largest absolute Gasteiger partial charge is 0.493 e. The first-order valence-corrected chi connectivity index (χ1v) is 8.97. The van der Waals surface area contributed by atoms with Gasteiger partial charge in [-0.1, -0.05) is 17.7 Å². The van der Waals surface area contributed by atoms with Gasteiger partial charge in [0.1, 0.15) is 6.54 Å². The van der Waals surface area contributed by atoms with Gasteiger partial charge in [0.05, 0.1) is 20.8 Å². The lowest BCUT2D eigenvalue weighted by Crippen LogP contribution is -3.08. The Bertz CT molecular complexity index is 765. The van der Waals surface area contributed by atoms with Gasteiger partial charge in [-0.25, -0.2) is 0 Å². The van der Waals surface area contributed by atoms with Crippen molar-refractivity contribution in [3.05, 3.63) is 52.5 Å². The van der Waals surface area contributed by atoms with E-state index < -0.39 is 0 Å². The lowest BCUT2D eigenvalue weighted by atomic mass is 10.2. The fraction of sp³-hybridized carbons (Fsp3) is 0.350. The fourth-order valence-corrected chi connectivity index (χ4v) is 2.88. The van der Waals surface area contributed by atoms with Crippen molar-refractivity contribution in [3.63, 3.8) is 0 Å². The number of carbonyl (C=O) groups excluding carboxylic acids is 1. The third-order valence-electron chi connectivity index (χ3n) is 3.97. The van der Waals surface area contributed by atoms with E-state index in [4.69, 9.17) is 21.1 Å². The summed E-state index contributed by atoms with van der Waals surface area (Å²) < 4.78 is 10.9. The number of anilines is 1. The molecule has 6 heteroatoms. The molecule has 0 aliphatic heterocycles. The van der Waals surface area contributed by atoms with Gasteiger partial charge >= 0.3 is 0 Å². The summed E-state index contributed by atoms with van der Waals surface area (Å²) in [5.41, 5.74) is 2.81. The number of amides is 1. The van der Waals surface area contributed by atoms with Crippen LogP contribution >= 0.6 is 11.6 Å². The highest BCUT2D eigenvalue weighted by molar-refractivity contribution is 6.31. The zero-order valence-corrected chi connectivity index (χ0v) is 16.4. The Hall–Kier alpha value is -2.24. The molecule has 0 radical (unpaired) electrons. The molecule has 1 atom stereocenters. The molecule has 2 aromatic carbocycles. The molecule has 0 heterocycles. The molecule has 26 heavy (non-hydrogen) atoms. The normalized spacial score (nSPS) is 11.7. The van der Waals surface area contributed by atoms with E-state index in [1.807, 2.05) is 51.2 Å². The molecule has 0 aromatic heterocycles. The molecule has 0 saturated carbocycles. The van der Waals surface area contributed by atoms with Gasteiger partial charge in [-0.15, -0.1) is 0 Å². The highest BCUT2D eigenvalue weighted by Gasteiger charge is 2.14. The Labute approximate surface area is 159 Å². The number of rotatable bonds is 8. The SMILES string of the molecule is CCOc1ccc(C[NH+](C)CC(=O)Nc2cc(Cl)ccc2C)cc1OC. The number of nitrogens with one attached hydrogen (secondary N) is 2. The Morgan fingerprint density at radius 1 is 1.19 bits per heavy atom. The van der Waals surface area contributed by atoms with Gasteiger partial charge in [-0.3, -0.25) is 4.79 Å². The summed E-state index contributed by atoms with van der Waals surface area (Å²) in [5, 5.41) is 3.53. The summed E-state index contributed by atoms with van der Waals surface area (Å²) >= 11 is 6.00. The van der Waals surface area contributed by atoms with Crippen molar-refractivity contribution >= 4 is 23.2 Å². The van der Waals surface area contributed by atoms with Gasteiger partial charge in [-0.05, 0) is 49.7 Å². The van der Waals surface area contributed by atoms with Gasteiger partial charge in [0.25, 0.3) is 5.91 Å². The third-order valence-corrected chi connectivity index (χ3v) is 4.20. The van der Waals surface area contributed by atoms with Crippen LogP contribution in [0.25, 0.3) is 0 Å². The number of quaternary nitrogens is 1. The van der Waals surface area contributed by atoms with E-state index in [1.165, 1.54) is 0 Å². The maximum Gasteiger partial charge on any atom is 0.279 e. The van der Waals surface area contributed by atoms with E-state index in [2.05, 4.69) is 5.32 Å². The van der Waals surface area contributed by atoms with E-state index in [-0.39, 0.29) is 5.91 Å². The number of halogens is 1. The van der Waals surface area contributed by atoms with Crippen LogP contribution in [0, 0.1) is 6.92 Å². The van der Waals surface area contributed by atoms with Crippen molar-refractivity contribution in [3.8, 4) is 11.5 Å². The van der Waals surface area contributed by atoms with Gasteiger partial charge in [0, 0.05) is 16.3 Å². The molecule has 2 N–H and O–H groups in total. The highest BCUT2D eigenvalue weighted by Crippen LogP contribution is 2.27. The maximum atomic E-state index is 12.3. The molecule has 5 nitrogen and oxygen atoms in total. The molecule has 0 bridgehead atoms. The Morgan fingerprint density at radius 3 is 2.65 bits per heavy atom. The van der Waals surface area contributed by atoms with Crippen molar-refractivity contribution in [1.29, 1.82) is 0 Å². The first-order chi connectivity index (χ1) is 12.4. The zero-order valence-electron chi connectivity index (χ0n) is 15.7. The molecule has 140 valence electrons.